The van der Waals surface area contributed by atoms with Crippen molar-refractivity contribution in [3.8, 4) is 10.4 Å². The Labute approximate surface area is 212 Å². The van der Waals surface area contributed by atoms with E-state index >= 15 is 0 Å². The van der Waals surface area contributed by atoms with E-state index in [0.717, 1.165) is 36.1 Å². The van der Waals surface area contributed by atoms with Crippen molar-refractivity contribution in [3.63, 3.8) is 0 Å². The SMILES string of the molecule is [Cl-].[NH3+][C@H]1CCCC[C@H]1N(C(=O)c1ccc(Cl)cc1Cl)c1cc(-c2ccccc2)sc1C(=O)O. The van der Waals surface area contributed by atoms with Gasteiger partial charge >= 0.3 is 5.97 Å². The Morgan fingerprint density at radius 3 is 2.36 bits per heavy atom. The molecule has 1 saturated carbocycles. The van der Waals surface area contributed by atoms with Crippen molar-refractivity contribution in [2.45, 2.75) is 37.8 Å². The first kappa shape index (κ1) is 25.5. The lowest BCUT2D eigenvalue weighted by Crippen LogP contribution is -3.00. The summed E-state index contributed by atoms with van der Waals surface area (Å²) in [5, 5.41) is 10.7. The van der Waals surface area contributed by atoms with Gasteiger partial charge in [0.1, 0.15) is 10.9 Å². The van der Waals surface area contributed by atoms with Crippen molar-refractivity contribution in [1.29, 1.82) is 0 Å². The van der Waals surface area contributed by atoms with Gasteiger partial charge in [-0.2, -0.15) is 0 Å². The van der Waals surface area contributed by atoms with Crippen LogP contribution in [0.25, 0.3) is 10.4 Å². The number of rotatable bonds is 5. The maximum Gasteiger partial charge on any atom is 0.348 e. The second-order valence-corrected chi connectivity index (χ2v) is 9.80. The van der Waals surface area contributed by atoms with Crippen molar-refractivity contribution in [2.24, 2.45) is 0 Å². The number of amides is 1. The minimum absolute atomic E-state index is 0. The number of anilines is 1. The molecule has 33 heavy (non-hydrogen) atoms. The number of thiophene rings is 1. The first-order valence-corrected chi connectivity index (χ1v) is 12.0. The number of carbonyl (C=O) groups is 2. The molecule has 3 aromatic rings. The number of quaternary nitrogens is 1. The van der Waals surface area contributed by atoms with Gasteiger partial charge < -0.3 is 23.2 Å². The third kappa shape index (κ3) is 5.36. The van der Waals surface area contributed by atoms with Crippen LogP contribution in [0.1, 0.15) is 45.7 Å². The van der Waals surface area contributed by atoms with Crippen molar-refractivity contribution < 1.29 is 32.8 Å². The van der Waals surface area contributed by atoms with E-state index in [-0.39, 0.29) is 45.9 Å². The lowest BCUT2D eigenvalue weighted by molar-refractivity contribution is -0.428. The summed E-state index contributed by atoms with van der Waals surface area (Å²) in [4.78, 5) is 28.6. The van der Waals surface area contributed by atoms with Crippen molar-refractivity contribution in [2.75, 3.05) is 4.90 Å². The smallest absolute Gasteiger partial charge is 0.348 e. The zero-order valence-corrected chi connectivity index (χ0v) is 20.7. The number of carboxylic acid groups (broad SMARTS) is 1. The minimum atomic E-state index is -1.07. The Bertz CT molecular complexity index is 1150. The molecule has 1 fully saturated rings. The Kier molecular flexibility index (Phi) is 8.43. The maximum atomic E-state index is 13.8. The average Bonchev–Trinajstić information content (AvgIpc) is 3.21. The largest absolute Gasteiger partial charge is 1.00 e. The molecule has 2 aromatic carbocycles. The predicted molar refractivity (Wildman–Crippen MR) is 129 cm³/mol. The van der Waals surface area contributed by atoms with Crippen LogP contribution >= 0.6 is 34.5 Å². The third-order valence-electron chi connectivity index (χ3n) is 5.81. The van der Waals surface area contributed by atoms with Crippen LogP contribution in [0.3, 0.4) is 0 Å². The highest BCUT2D eigenvalue weighted by atomic mass is 35.5. The van der Waals surface area contributed by atoms with Gasteiger partial charge in [0.2, 0.25) is 0 Å². The summed E-state index contributed by atoms with van der Waals surface area (Å²) >= 11 is 13.6. The van der Waals surface area contributed by atoms with E-state index in [1.807, 2.05) is 30.3 Å². The number of hydrogen-bond donors (Lipinski definition) is 2. The molecule has 1 heterocycles. The molecule has 1 aliphatic rings. The van der Waals surface area contributed by atoms with Crippen molar-refractivity contribution in [3.05, 3.63) is 75.1 Å². The molecule has 1 aliphatic carbocycles. The number of aromatic carboxylic acids is 1. The summed E-state index contributed by atoms with van der Waals surface area (Å²) in [6.45, 7) is 0. The number of nitrogens with zero attached hydrogens (tertiary/aromatic N) is 1. The molecule has 9 heteroatoms. The lowest BCUT2D eigenvalue weighted by atomic mass is 9.89. The number of carbonyl (C=O) groups excluding carboxylic acids is 1. The summed E-state index contributed by atoms with van der Waals surface area (Å²) < 4.78 is 0. The first-order valence-electron chi connectivity index (χ1n) is 10.4. The summed E-state index contributed by atoms with van der Waals surface area (Å²) in [5.74, 6) is -1.41. The molecular weight excluding hydrogens is 503 g/mol. The fraction of sp³-hybridized carbons (Fsp3) is 0.250. The molecule has 0 aliphatic heterocycles. The van der Waals surface area contributed by atoms with Gasteiger partial charge in [-0.05, 0) is 42.7 Å². The molecule has 1 amide bonds. The molecular formula is C24H23Cl3N2O3S. The Balaban J connectivity index is 0.00000306. The highest BCUT2D eigenvalue weighted by molar-refractivity contribution is 7.18. The van der Waals surface area contributed by atoms with Crippen LogP contribution in [-0.4, -0.2) is 29.1 Å². The number of benzene rings is 2. The maximum absolute atomic E-state index is 13.8. The average molecular weight is 526 g/mol. The molecule has 0 saturated heterocycles. The van der Waals surface area contributed by atoms with Gasteiger partial charge in [-0.25, -0.2) is 4.79 Å². The van der Waals surface area contributed by atoms with Crippen LogP contribution in [0, 0.1) is 0 Å². The Morgan fingerprint density at radius 2 is 1.73 bits per heavy atom. The van der Waals surface area contributed by atoms with E-state index in [1.54, 1.807) is 23.1 Å². The second-order valence-electron chi connectivity index (χ2n) is 7.91. The predicted octanol–water partition coefficient (Wildman–Crippen LogP) is 2.62. The Morgan fingerprint density at radius 1 is 1.03 bits per heavy atom. The van der Waals surface area contributed by atoms with Gasteiger partial charge in [0, 0.05) is 16.3 Å². The lowest BCUT2D eigenvalue weighted by Gasteiger charge is -2.36. The van der Waals surface area contributed by atoms with Gasteiger partial charge in [-0.3, -0.25) is 9.69 Å². The Hall–Kier alpha value is -2.09. The summed E-state index contributed by atoms with van der Waals surface area (Å²) in [7, 11) is 0. The third-order valence-corrected chi connectivity index (χ3v) is 7.51. The first-order chi connectivity index (χ1) is 15.4. The van der Waals surface area contributed by atoms with E-state index in [2.05, 4.69) is 5.73 Å². The van der Waals surface area contributed by atoms with E-state index in [0.29, 0.717) is 10.7 Å². The summed E-state index contributed by atoms with van der Waals surface area (Å²) in [6, 6.07) is 15.8. The fourth-order valence-corrected chi connectivity index (χ4v) is 5.70. The zero-order chi connectivity index (χ0) is 22.8. The van der Waals surface area contributed by atoms with Crippen molar-refractivity contribution in [1.82, 2.24) is 0 Å². The summed E-state index contributed by atoms with van der Waals surface area (Å²) in [5.41, 5.74) is 5.86. The molecule has 0 unspecified atom stereocenters. The zero-order valence-electron chi connectivity index (χ0n) is 17.6. The van der Waals surface area contributed by atoms with Gasteiger partial charge in [0.05, 0.1) is 22.3 Å². The van der Waals surface area contributed by atoms with E-state index < -0.39 is 5.97 Å². The van der Waals surface area contributed by atoms with Gasteiger partial charge in [0.25, 0.3) is 5.91 Å². The fourth-order valence-electron chi connectivity index (χ4n) is 4.22. The summed E-state index contributed by atoms with van der Waals surface area (Å²) in [6.07, 6.45) is 3.62. The molecule has 0 spiro atoms. The number of halogens is 3. The van der Waals surface area contributed by atoms with Crippen molar-refractivity contribution >= 4 is 52.1 Å². The molecule has 0 bridgehead atoms. The van der Waals surface area contributed by atoms with Crippen LogP contribution in [-0.2, 0) is 0 Å². The highest BCUT2D eigenvalue weighted by Crippen LogP contribution is 2.40. The molecule has 0 radical (unpaired) electrons. The molecule has 4 rings (SSSR count). The minimum Gasteiger partial charge on any atom is -1.00 e. The molecule has 4 N–H and O–H groups in total. The van der Waals surface area contributed by atoms with E-state index in [9.17, 15) is 14.7 Å². The van der Waals surface area contributed by atoms with Gasteiger partial charge in [-0.1, -0.05) is 60.0 Å². The molecule has 174 valence electrons. The number of hydrogen-bond acceptors (Lipinski definition) is 3. The van der Waals surface area contributed by atoms with Crippen LogP contribution < -0.4 is 23.0 Å². The normalized spacial score (nSPS) is 17.8. The van der Waals surface area contributed by atoms with Gasteiger partial charge in [0.15, 0.2) is 0 Å². The number of carboxylic acids is 1. The quantitative estimate of drug-likeness (QED) is 0.537. The molecule has 1 aromatic heterocycles. The van der Waals surface area contributed by atoms with Gasteiger partial charge in [-0.15, -0.1) is 11.3 Å². The topological polar surface area (TPSA) is 85.3 Å². The van der Waals surface area contributed by atoms with Crippen LogP contribution in [0.15, 0.2) is 54.6 Å². The highest BCUT2D eigenvalue weighted by Gasteiger charge is 2.38. The van der Waals surface area contributed by atoms with Crippen LogP contribution in [0.4, 0.5) is 5.69 Å². The molecule has 2 atom stereocenters. The monoisotopic (exact) mass is 524 g/mol. The molecule has 5 nitrogen and oxygen atoms in total. The van der Waals surface area contributed by atoms with E-state index in [4.69, 9.17) is 23.2 Å². The standard InChI is InChI=1S/C24H22Cl2N2O3S.ClH/c25-15-10-11-16(17(26)12-15)23(29)28(19-9-5-4-8-18(19)27)20-13-21(32-22(20)24(30)31)14-6-2-1-3-7-14;/h1-3,6-7,10-13,18-19H,4-5,8-9,27H2,(H,30,31);1H/t18-,19+;/m0./s1. The van der Waals surface area contributed by atoms with E-state index in [1.165, 1.54) is 17.4 Å². The van der Waals surface area contributed by atoms with Crippen LogP contribution in [0.2, 0.25) is 10.0 Å². The van der Waals surface area contributed by atoms with Crippen LogP contribution in [0.5, 0.6) is 0 Å². The second kappa shape index (κ2) is 10.9.